The van der Waals surface area contributed by atoms with E-state index in [0.717, 1.165) is 5.56 Å². The van der Waals surface area contributed by atoms with Crippen LogP contribution in [0.25, 0.3) is 0 Å². The maximum absolute atomic E-state index is 13.1. The highest BCUT2D eigenvalue weighted by Crippen LogP contribution is 2.28. The van der Waals surface area contributed by atoms with Crippen molar-refractivity contribution < 1.29 is 23.6 Å². The molecule has 0 fully saturated rings. The van der Waals surface area contributed by atoms with E-state index in [1.807, 2.05) is 18.2 Å². The summed E-state index contributed by atoms with van der Waals surface area (Å²) in [7, 11) is 4.33. The van der Waals surface area contributed by atoms with Crippen molar-refractivity contribution in [2.75, 3.05) is 26.2 Å². The number of nitrogens with zero attached hydrogens (tertiary/aromatic N) is 3. The van der Waals surface area contributed by atoms with Crippen LogP contribution in [0, 0.1) is 5.82 Å². The fourth-order valence-corrected chi connectivity index (χ4v) is 2.47. The molecule has 1 unspecified atom stereocenters. The average molecular weight is 387 g/mol. The number of ether oxygens (including phenoxy) is 1. The number of hydrogen-bond donors (Lipinski definition) is 0. The third kappa shape index (κ3) is 5.29. The van der Waals surface area contributed by atoms with Gasteiger partial charge in [-0.3, -0.25) is 4.90 Å². The summed E-state index contributed by atoms with van der Waals surface area (Å²) in [6.07, 6.45) is 0.422. The summed E-state index contributed by atoms with van der Waals surface area (Å²) in [5, 5.41) is 7.84. The molecular formula is C20H22FN3O4. The molecule has 2 aromatic rings. The van der Waals surface area contributed by atoms with Gasteiger partial charge in [-0.25, -0.2) is 9.18 Å². The Morgan fingerprint density at radius 1 is 1.14 bits per heavy atom. The molecule has 0 bridgehead atoms. The van der Waals surface area contributed by atoms with Gasteiger partial charge in [0.1, 0.15) is 18.6 Å². The molecule has 7 nitrogen and oxygen atoms in total. The molecule has 2 rings (SSSR count). The molecule has 1 amide bonds. The normalized spacial score (nSPS) is 12.5. The third-order valence-corrected chi connectivity index (χ3v) is 3.91. The minimum absolute atomic E-state index is 0.353. The third-order valence-electron chi connectivity index (χ3n) is 3.91. The molecule has 0 saturated carbocycles. The summed E-state index contributed by atoms with van der Waals surface area (Å²) in [5.41, 5.74) is 2.38. The molecule has 0 N–H and O–H groups in total. The van der Waals surface area contributed by atoms with E-state index in [1.165, 1.54) is 37.5 Å². The second-order valence-corrected chi connectivity index (χ2v) is 5.74. The Morgan fingerprint density at radius 2 is 1.82 bits per heavy atom. The quantitative estimate of drug-likeness (QED) is 0.529. The van der Waals surface area contributed by atoms with E-state index in [4.69, 9.17) is 14.4 Å². The Hall–Kier alpha value is -3.42. The van der Waals surface area contributed by atoms with Crippen LogP contribution in [0.4, 0.5) is 14.9 Å². The van der Waals surface area contributed by atoms with Gasteiger partial charge in [0.05, 0.1) is 19.0 Å². The first-order valence-corrected chi connectivity index (χ1v) is 8.44. The topological polar surface area (TPSA) is 72.7 Å². The molecule has 1 atom stereocenters. The second-order valence-electron chi connectivity index (χ2n) is 5.74. The number of rotatable bonds is 7. The zero-order valence-corrected chi connectivity index (χ0v) is 16.1. The van der Waals surface area contributed by atoms with Crippen molar-refractivity contribution >= 4 is 23.7 Å². The Bertz CT molecular complexity index is 853. The van der Waals surface area contributed by atoms with E-state index in [0.29, 0.717) is 17.0 Å². The van der Waals surface area contributed by atoms with Crippen LogP contribution >= 0.6 is 0 Å². The number of para-hydroxylation sites is 1. The van der Waals surface area contributed by atoms with Crippen molar-refractivity contribution in [3.63, 3.8) is 0 Å². The lowest BCUT2D eigenvalue weighted by Crippen LogP contribution is -2.27. The van der Waals surface area contributed by atoms with E-state index in [1.54, 1.807) is 32.2 Å². The molecule has 8 heteroatoms. The number of carbonyl (C=O) groups is 1. The van der Waals surface area contributed by atoms with Crippen LogP contribution in [0.1, 0.15) is 24.2 Å². The van der Waals surface area contributed by atoms with Crippen molar-refractivity contribution in [3.05, 3.63) is 65.5 Å². The Morgan fingerprint density at radius 3 is 2.46 bits per heavy atom. The van der Waals surface area contributed by atoms with Crippen LogP contribution in [-0.2, 0) is 14.4 Å². The van der Waals surface area contributed by atoms with Crippen LogP contribution in [0.15, 0.2) is 58.8 Å². The van der Waals surface area contributed by atoms with Crippen molar-refractivity contribution in [2.24, 2.45) is 10.3 Å². The minimum atomic E-state index is -0.492. The Labute approximate surface area is 163 Å². The second kappa shape index (κ2) is 10.1. The first kappa shape index (κ1) is 20.9. The van der Waals surface area contributed by atoms with Gasteiger partial charge in [-0.05, 0) is 37.3 Å². The van der Waals surface area contributed by atoms with Gasteiger partial charge < -0.3 is 14.4 Å². The zero-order chi connectivity index (χ0) is 20.5. The van der Waals surface area contributed by atoms with Gasteiger partial charge in [0.15, 0.2) is 6.10 Å². The van der Waals surface area contributed by atoms with Crippen molar-refractivity contribution in [1.82, 2.24) is 0 Å². The molecular weight excluding hydrogens is 365 g/mol. The Kier molecular flexibility index (Phi) is 7.50. The number of hydrogen-bond acceptors (Lipinski definition) is 6. The molecule has 0 spiro atoms. The number of amides is 1. The summed E-state index contributed by atoms with van der Waals surface area (Å²) < 4.78 is 17.9. The monoisotopic (exact) mass is 387 g/mol. The fraction of sp³-hybridized carbons (Fsp3) is 0.250. The predicted molar refractivity (Wildman–Crippen MR) is 105 cm³/mol. The lowest BCUT2D eigenvalue weighted by molar-refractivity contribution is 0.0741. The lowest BCUT2D eigenvalue weighted by Gasteiger charge is -2.21. The van der Waals surface area contributed by atoms with E-state index in [9.17, 15) is 9.18 Å². The first-order valence-electron chi connectivity index (χ1n) is 8.44. The fourth-order valence-electron chi connectivity index (χ4n) is 2.47. The van der Waals surface area contributed by atoms with Gasteiger partial charge >= 0.3 is 6.09 Å². The number of carbonyl (C=O) groups excluding carboxylic acids is 1. The van der Waals surface area contributed by atoms with Crippen LogP contribution in [0.5, 0.6) is 0 Å². The Balaban J connectivity index is 2.16. The summed E-state index contributed by atoms with van der Waals surface area (Å²) in [6.45, 7) is 1.80. The summed E-state index contributed by atoms with van der Waals surface area (Å²) in [6, 6.07) is 13.0. The molecule has 0 saturated heterocycles. The van der Waals surface area contributed by atoms with Crippen LogP contribution in [0.2, 0.25) is 0 Å². The van der Waals surface area contributed by atoms with Crippen molar-refractivity contribution in [1.29, 1.82) is 0 Å². The lowest BCUT2D eigenvalue weighted by atomic mass is 10.1. The average Bonchev–Trinajstić information content (AvgIpc) is 2.72. The highest BCUT2D eigenvalue weighted by atomic mass is 19.1. The van der Waals surface area contributed by atoms with Gasteiger partial charge in [0, 0.05) is 18.2 Å². The summed E-state index contributed by atoms with van der Waals surface area (Å²) in [4.78, 5) is 23.5. The van der Waals surface area contributed by atoms with Gasteiger partial charge in [-0.15, -0.1) is 0 Å². The molecule has 0 aliphatic rings. The zero-order valence-electron chi connectivity index (χ0n) is 16.1. The van der Waals surface area contributed by atoms with E-state index < -0.39 is 12.2 Å². The summed E-state index contributed by atoms with van der Waals surface area (Å²) >= 11 is 0. The maximum Gasteiger partial charge on any atom is 0.413 e. The maximum atomic E-state index is 13.1. The van der Waals surface area contributed by atoms with Crippen molar-refractivity contribution in [2.45, 2.75) is 13.0 Å². The summed E-state index contributed by atoms with van der Waals surface area (Å²) in [5.74, 6) is -0.353. The van der Waals surface area contributed by atoms with Crippen LogP contribution in [-0.4, -0.2) is 39.3 Å². The number of oxime groups is 2. The van der Waals surface area contributed by atoms with E-state index in [-0.39, 0.29) is 5.82 Å². The smallest absolute Gasteiger partial charge is 0.413 e. The first-order chi connectivity index (χ1) is 13.5. The number of halogens is 1. The molecule has 0 radical (unpaired) electrons. The van der Waals surface area contributed by atoms with E-state index >= 15 is 0 Å². The standard InChI is InChI=1S/C20H22FN3O4/c1-14(17-7-5-6-8-19(17)24(2)20(25)26-3)28-22-13-18(23-27-4)15-9-11-16(21)12-10-15/h5-14H,1-4H3. The molecule has 0 aliphatic carbocycles. The van der Waals surface area contributed by atoms with Crippen LogP contribution < -0.4 is 4.90 Å². The van der Waals surface area contributed by atoms with Crippen LogP contribution in [0.3, 0.4) is 0 Å². The van der Waals surface area contributed by atoms with Gasteiger partial charge in [0.25, 0.3) is 0 Å². The number of benzene rings is 2. The van der Waals surface area contributed by atoms with Gasteiger partial charge in [0.2, 0.25) is 0 Å². The SMILES string of the molecule is CON=C(C=NOC(C)c1ccccc1N(C)C(=O)OC)c1ccc(F)cc1. The van der Waals surface area contributed by atoms with Gasteiger partial charge in [-0.2, -0.15) is 0 Å². The molecule has 0 aliphatic heterocycles. The molecule has 148 valence electrons. The number of anilines is 1. The molecule has 28 heavy (non-hydrogen) atoms. The highest BCUT2D eigenvalue weighted by molar-refractivity contribution is 6.37. The molecule has 0 heterocycles. The molecule has 0 aromatic heterocycles. The largest absolute Gasteiger partial charge is 0.452 e. The van der Waals surface area contributed by atoms with E-state index in [2.05, 4.69) is 10.3 Å². The predicted octanol–water partition coefficient (Wildman–Crippen LogP) is 4.14. The minimum Gasteiger partial charge on any atom is -0.452 e. The van der Waals surface area contributed by atoms with Crippen molar-refractivity contribution in [3.8, 4) is 0 Å². The molecule has 2 aromatic carbocycles. The highest BCUT2D eigenvalue weighted by Gasteiger charge is 2.18. The van der Waals surface area contributed by atoms with Gasteiger partial charge in [-0.1, -0.05) is 28.5 Å². The number of methoxy groups -OCH3 is 1.